The van der Waals surface area contributed by atoms with Crippen molar-refractivity contribution in [2.45, 2.75) is 53.0 Å². The lowest BCUT2D eigenvalue weighted by Crippen LogP contribution is -2.71. The highest BCUT2D eigenvalue weighted by atomic mass is 79.9. The molecule has 3 aliphatic heterocycles. The normalized spacial score (nSPS) is 17.8. The van der Waals surface area contributed by atoms with Gasteiger partial charge in [0.15, 0.2) is 0 Å². The van der Waals surface area contributed by atoms with E-state index in [1.165, 1.54) is 4.57 Å². The van der Waals surface area contributed by atoms with Crippen molar-refractivity contribution in [3.63, 3.8) is 0 Å². The van der Waals surface area contributed by atoms with Crippen molar-refractivity contribution in [2.24, 2.45) is 5.41 Å². The molecule has 0 aliphatic carbocycles. The summed E-state index contributed by atoms with van der Waals surface area (Å²) in [5.74, 6) is -0.528. The smallest absolute Gasteiger partial charge is 0.333 e. The van der Waals surface area contributed by atoms with E-state index in [0.717, 1.165) is 65.3 Å². The van der Waals surface area contributed by atoms with Gasteiger partial charge in [-0.2, -0.15) is 5.10 Å². The first-order valence-electron chi connectivity index (χ1n) is 17.9. The molecule has 0 bridgehead atoms. The predicted molar refractivity (Wildman–Crippen MR) is 205 cm³/mol. The number of halogens is 1. The van der Waals surface area contributed by atoms with Gasteiger partial charge in [-0.05, 0) is 87.5 Å². The van der Waals surface area contributed by atoms with Crippen LogP contribution in [0.3, 0.4) is 0 Å². The maximum Gasteiger partial charge on any atom is 0.333 e. The molecule has 8 rings (SSSR count). The van der Waals surface area contributed by atoms with E-state index in [4.69, 9.17) is 0 Å². The summed E-state index contributed by atoms with van der Waals surface area (Å²) in [5, 5.41) is 7.81. The Morgan fingerprint density at radius 3 is 2.40 bits per heavy atom. The minimum atomic E-state index is -0.385. The zero-order valence-electron chi connectivity index (χ0n) is 30.0. The van der Waals surface area contributed by atoms with Gasteiger partial charge in [-0.15, -0.1) is 0 Å². The molecule has 5 aromatic rings. The Labute approximate surface area is 311 Å². The second kappa shape index (κ2) is 13.2. The van der Waals surface area contributed by atoms with Crippen LogP contribution in [0.25, 0.3) is 16.9 Å². The lowest BCUT2D eigenvalue weighted by Gasteiger charge is -2.60. The molecule has 0 saturated carbocycles. The summed E-state index contributed by atoms with van der Waals surface area (Å²) in [5.41, 5.74) is 6.74. The number of amides is 2. The number of hydrogen-bond acceptors (Lipinski definition) is 6. The second-order valence-electron chi connectivity index (χ2n) is 14.7. The quantitative estimate of drug-likeness (QED) is 0.230. The van der Waals surface area contributed by atoms with Crippen molar-refractivity contribution in [2.75, 3.05) is 38.1 Å². The molecule has 3 aliphatic rings. The SMILES string of the molecule is CCn1ccc(-c2ccccc2CNC(=O)c2c3n(c(=O)n2-c2ccc(N4CC5(CN(C)C5)C4)cc2)CC(C)N(C(=O)c2ccc(Br)c(C)c2)C3)n1. The number of nitrogens with zero attached hydrogens (tertiary/aromatic N) is 7. The first-order valence-corrected chi connectivity index (χ1v) is 18.7. The molecular formula is C40H43BrN8O3. The van der Waals surface area contributed by atoms with Crippen molar-refractivity contribution < 1.29 is 9.59 Å². The van der Waals surface area contributed by atoms with Crippen molar-refractivity contribution in [1.29, 1.82) is 0 Å². The largest absolute Gasteiger partial charge is 0.370 e. The van der Waals surface area contributed by atoms with Crippen LogP contribution >= 0.6 is 15.9 Å². The van der Waals surface area contributed by atoms with E-state index < -0.39 is 0 Å². The van der Waals surface area contributed by atoms with Crippen LogP contribution in [0.1, 0.15) is 51.5 Å². The van der Waals surface area contributed by atoms with E-state index in [2.05, 4.69) is 43.2 Å². The van der Waals surface area contributed by atoms with Crippen molar-refractivity contribution >= 4 is 33.4 Å². The highest BCUT2D eigenvalue weighted by Crippen LogP contribution is 2.41. The molecule has 12 heteroatoms. The Morgan fingerprint density at radius 1 is 0.981 bits per heavy atom. The standard InChI is InChI=1S/C40H43BrN8O3/c1-5-46-17-16-34(43-46)32-9-7-6-8-29(32)19-42-37(50)36-35-21-47(38(51)28-10-15-33(41)26(2)18-28)27(3)20-48(35)39(52)49(36)31-13-11-30(12-14-31)45-24-40(25-45)22-44(4)23-40/h6-18,27H,5,19-25H2,1-4H3,(H,42,50). The van der Waals surface area contributed by atoms with Crippen LogP contribution < -0.4 is 15.9 Å². The Hall–Kier alpha value is -4.94. The number of imidazole rings is 1. The molecule has 11 nitrogen and oxygen atoms in total. The molecule has 1 unspecified atom stereocenters. The molecular weight excluding hydrogens is 720 g/mol. The summed E-state index contributed by atoms with van der Waals surface area (Å²) < 4.78 is 5.99. The van der Waals surface area contributed by atoms with Crippen LogP contribution in [-0.2, 0) is 26.2 Å². The van der Waals surface area contributed by atoms with Gasteiger partial charge >= 0.3 is 5.69 Å². The average Bonchev–Trinajstić information content (AvgIpc) is 3.71. The second-order valence-corrected chi connectivity index (χ2v) is 15.6. The van der Waals surface area contributed by atoms with Crippen molar-refractivity contribution in [3.8, 4) is 16.9 Å². The summed E-state index contributed by atoms with van der Waals surface area (Å²) in [6, 6.07) is 23.1. The lowest BCUT2D eigenvalue weighted by molar-refractivity contribution is -0.00238. The lowest BCUT2D eigenvalue weighted by atomic mass is 9.73. The van der Waals surface area contributed by atoms with Gasteiger partial charge in [-0.25, -0.2) is 4.79 Å². The van der Waals surface area contributed by atoms with Gasteiger partial charge in [0.1, 0.15) is 5.69 Å². The summed E-state index contributed by atoms with van der Waals surface area (Å²) in [7, 11) is 2.16. The van der Waals surface area contributed by atoms with E-state index in [9.17, 15) is 14.4 Å². The Morgan fingerprint density at radius 2 is 1.71 bits per heavy atom. The zero-order chi connectivity index (χ0) is 36.3. The van der Waals surface area contributed by atoms with E-state index in [-0.39, 0.29) is 48.9 Å². The van der Waals surface area contributed by atoms with Gasteiger partial charge in [0.25, 0.3) is 11.8 Å². The fraction of sp³-hybridized carbons (Fsp3) is 0.350. The number of aromatic nitrogens is 4. The Balaban J connectivity index is 1.13. The fourth-order valence-electron chi connectivity index (χ4n) is 8.23. The highest BCUT2D eigenvalue weighted by Gasteiger charge is 2.50. The highest BCUT2D eigenvalue weighted by molar-refractivity contribution is 9.10. The minimum Gasteiger partial charge on any atom is -0.370 e. The van der Waals surface area contributed by atoms with Crippen molar-refractivity contribution in [1.82, 2.24) is 34.0 Å². The third-order valence-electron chi connectivity index (χ3n) is 10.9. The molecule has 2 saturated heterocycles. The number of carbonyl (C=O) groups is 2. The topological polar surface area (TPSA) is 101 Å². The molecule has 52 heavy (non-hydrogen) atoms. The molecule has 268 valence electrons. The number of hydrogen-bond donors (Lipinski definition) is 1. The summed E-state index contributed by atoms with van der Waals surface area (Å²) in [4.78, 5) is 49.2. The van der Waals surface area contributed by atoms with E-state index in [1.54, 1.807) is 15.5 Å². The molecule has 0 radical (unpaired) electrons. The number of anilines is 1. The molecule has 2 fully saturated rings. The predicted octanol–water partition coefficient (Wildman–Crippen LogP) is 5.32. The maximum absolute atomic E-state index is 14.4. The van der Waals surface area contributed by atoms with Gasteiger partial charge in [0.2, 0.25) is 0 Å². The van der Waals surface area contributed by atoms with Crippen LogP contribution in [0.5, 0.6) is 0 Å². The van der Waals surface area contributed by atoms with E-state index in [1.807, 2.05) is 98.4 Å². The monoisotopic (exact) mass is 762 g/mol. The zero-order valence-corrected chi connectivity index (χ0v) is 31.6. The van der Waals surface area contributed by atoms with Crippen LogP contribution in [0.15, 0.2) is 88.3 Å². The minimum absolute atomic E-state index is 0.119. The van der Waals surface area contributed by atoms with Crippen LogP contribution in [0.4, 0.5) is 5.69 Å². The number of benzene rings is 3. The number of rotatable bonds is 8. The van der Waals surface area contributed by atoms with Gasteiger partial charge in [-0.3, -0.25) is 23.4 Å². The molecule has 1 atom stereocenters. The van der Waals surface area contributed by atoms with Crippen LogP contribution in [0.2, 0.25) is 0 Å². The third kappa shape index (κ3) is 5.97. The van der Waals surface area contributed by atoms with Gasteiger partial charge in [0.05, 0.1) is 23.6 Å². The summed E-state index contributed by atoms with van der Waals surface area (Å²) in [6.07, 6.45) is 1.94. The summed E-state index contributed by atoms with van der Waals surface area (Å²) in [6.45, 7) is 11.6. The first-order chi connectivity index (χ1) is 25.0. The van der Waals surface area contributed by atoms with Gasteiger partial charge < -0.3 is 20.0 Å². The number of fused-ring (bicyclic) bond motifs is 1. The average molecular weight is 764 g/mol. The molecule has 2 aromatic heterocycles. The van der Waals surface area contributed by atoms with Crippen LogP contribution in [-0.4, -0.2) is 79.8 Å². The van der Waals surface area contributed by atoms with Gasteiger partial charge in [0, 0.05) is 84.8 Å². The number of carbonyl (C=O) groups excluding carboxylic acids is 2. The van der Waals surface area contributed by atoms with E-state index in [0.29, 0.717) is 22.4 Å². The van der Waals surface area contributed by atoms with Crippen LogP contribution in [0, 0.1) is 12.3 Å². The Bertz CT molecular complexity index is 2240. The van der Waals surface area contributed by atoms with E-state index >= 15 is 0 Å². The summed E-state index contributed by atoms with van der Waals surface area (Å²) >= 11 is 3.53. The van der Waals surface area contributed by atoms with Gasteiger partial charge in [-0.1, -0.05) is 40.2 Å². The molecule has 2 amide bonds. The molecule has 3 aromatic carbocycles. The third-order valence-corrected chi connectivity index (χ3v) is 11.7. The van der Waals surface area contributed by atoms with Crippen molar-refractivity contribution in [3.05, 3.63) is 122 Å². The number of nitrogens with one attached hydrogen (secondary N) is 1. The number of likely N-dealkylation sites (tertiary alicyclic amines) is 1. The molecule has 1 N–H and O–H groups in total. The number of aryl methyl sites for hydroxylation is 2. The Kier molecular flexibility index (Phi) is 8.70. The maximum atomic E-state index is 14.4. The fourth-order valence-corrected chi connectivity index (χ4v) is 8.47. The molecule has 1 spiro atoms. The first kappa shape index (κ1) is 34.2. The molecule has 5 heterocycles.